The number of aliphatic hydroxyl groups excluding tert-OH is 1. The molecule has 3 nitrogen and oxygen atoms in total. The molecule has 1 aliphatic heterocycles. The average Bonchev–Trinajstić information content (AvgIpc) is 2.30. The van der Waals surface area contributed by atoms with Gasteiger partial charge in [0.2, 0.25) is 0 Å². The second-order valence-electron chi connectivity index (χ2n) is 4.47. The Hall–Kier alpha value is -1.06. The zero-order valence-corrected chi connectivity index (χ0v) is 9.84. The number of rotatable bonds is 3. The van der Waals surface area contributed by atoms with Gasteiger partial charge in [-0.3, -0.25) is 4.90 Å². The number of piperazine rings is 1. The molecule has 1 aliphatic rings. The van der Waals surface area contributed by atoms with E-state index in [0.29, 0.717) is 0 Å². The summed E-state index contributed by atoms with van der Waals surface area (Å²) < 4.78 is 0. The maximum absolute atomic E-state index is 9.33. The lowest BCUT2D eigenvalue weighted by atomic mass is 10.2. The molecule has 1 aromatic carbocycles. The minimum atomic E-state index is -0.219. The molecule has 1 atom stereocenters. The molecule has 1 fully saturated rings. The zero-order chi connectivity index (χ0) is 11.4. The van der Waals surface area contributed by atoms with E-state index in [1.807, 2.05) is 13.0 Å². The van der Waals surface area contributed by atoms with Gasteiger partial charge in [-0.15, -0.1) is 0 Å². The number of nitrogens with zero attached hydrogens (tertiary/aromatic N) is 2. The maximum atomic E-state index is 9.33. The quantitative estimate of drug-likeness (QED) is 0.829. The van der Waals surface area contributed by atoms with Crippen molar-refractivity contribution < 1.29 is 5.11 Å². The van der Waals surface area contributed by atoms with Crippen molar-refractivity contribution in [3.05, 3.63) is 30.3 Å². The number of hydrogen-bond donors (Lipinski definition) is 1. The van der Waals surface area contributed by atoms with E-state index in [4.69, 9.17) is 0 Å². The topological polar surface area (TPSA) is 26.7 Å². The Morgan fingerprint density at radius 2 is 1.75 bits per heavy atom. The third kappa shape index (κ3) is 2.97. The second kappa shape index (κ2) is 5.32. The van der Waals surface area contributed by atoms with Gasteiger partial charge in [0.1, 0.15) is 0 Å². The highest BCUT2D eigenvalue weighted by Crippen LogP contribution is 2.15. The third-order valence-corrected chi connectivity index (χ3v) is 3.02. The van der Waals surface area contributed by atoms with Gasteiger partial charge in [-0.1, -0.05) is 18.2 Å². The molecular formula is C13H20N2O. The third-order valence-electron chi connectivity index (χ3n) is 3.02. The van der Waals surface area contributed by atoms with E-state index < -0.39 is 0 Å². The standard InChI is InChI=1S/C13H20N2O/c1-12(16)11-14-7-9-15(10-8-14)13-5-3-2-4-6-13/h2-6,12,16H,7-11H2,1H3. The van der Waals surface area contributed by atoms with Crippen LogP contribution in [-0.4, -0.2) is 48.8 Å². The highest BCUT2D eigenvalue weighted by Gasteiger charge is 2.17. The molecule has 1 aromatic rings. The fourth-order valence-corrected chi connectivity index (χ4v) is 2.20. The highest BCUT2D eigenvalue weighted by molar-refractivity contribution is 5.46. The summed E-state index contributed by atoms with van der Waals surface area (Å²) in [7, 11) is 0. The van der Waals surface area contributed by atoms with Crippen LogP contribution in [0.25, 0.3) is 0 Å². The fourth-order valence-electron chi connectivity index (χ4n) is 2.20. The number of anilines is 1. The van der Waals surface area contributed by atoms with Crippen molar-refractivity contribution in [1.29, 1.82) is 0 Å². The number of β-amino-alcohol motifs (C(OH)–C–C–N with tert-alkyl or cyclic N) is 1. The van der Waals surface area contributed by atoms with Crippen molar-refractivity contribution in [2.24, 2.45) is 0 Å². The van der Waals surface area contributed by atoms with Crippen LogP contribution >= 0.6 is 0 Å². The first-order valence-corrected chi connectivity index (χ1v) is 5.96. The lowest BCUT2D eigenvalue weighted by Gasteiger charge is -2.36. The summed E-state index contributed by atoms with van der Waals surface area (Å²) >= 11 is 0. The van der Waals surface area contributed by atoms with Crippen molar-refractivity contribution in [2.45, 2.75) is 13.0 Å². The van der Waals surface area contributed by atoms with E-state index in [-0.39, 0.29) is 6.10 Å². The van der Waals surface area contributed by atoms with Crippen LogP contribution in [0.1, 0.15) is 6.92 Å². The number of aliphatic hydroxyl groups is 1. The average molecular weight is 220 g/mol. The normalized spacial score (nSPS) is 19.8. The molecule has 0 amide bonds. The molecule has 16 heavy (non-hydrogen) atoms. The highest BCUT2D eigenvalue weighted by atomic mass is 16.3. The first-order valence-electron chi connectivity index (χ1n) is 5.96. The second-order valence-corrected chi connectivity index (χ2v) is 4.47. The summed E-state index contributed by atoms with van der Waals surface area (Å²) in [6.45, 7) is 6.83. The summed E-state index contributed by atoms with van der Waals surface area (Å²) in [5, 5.41) is 9.33. The largest absolute Gasteiger partial charge is 0.392 e. The van der Waals surface area contributed by atoms with Crippen molar-refractivity contribution in [3.8, 4) is 0 Å². The van der Waals surface area contributed by atoms with Gasteiger partial charge in [0.25, 0.3) is 0 Å². The van der Waals surface area contributed by atoms with Gasteiger partial charge in [-0.05, 0) is 19.1 Å². The zero-order valence-electron chi connectivity index (χ0n) is 9.84. The summed E-state index contributed by atoms with van der Waals surface area (Å²) in [6.07, 6.45) is -0.219. The van der Waals surface area contributed by atoms with E-state index in [1.165, 1.54) is 5.69 Å². The number of benzene rings is 1. The smallest absolute Gasteiger partial charge is 0.0639 e. The van der Waals surface area contributed by atoms with Crippen molar-refractivity contribution >= 4 is 5.69 Å². The lowest BCUT2D eigenvalue weighted by molar-refractivity contribution is 0.123. The lowest BCUT2D eigenvalue weighted by Crippen LogP contribution is -2.48. The van der Waals surface area contributed by atoms with Crippen molar-refractivity contribution in [1.82, 2.24) is 4.90 Å². The molecule has 3 heteroatoms. The SMILES string of the molecule is CC(O)CN1CCN(c2ccccc2)CC1. The van der Waals surface area contributed by atoms with E-state index in [9.17, 15) is 5.11 Å². The molecule has 1 unspecified atom stereocenters. The van der Waals surface area contributed by atoms with Gasteiger partial charge in [0.15, 0.2) is 0 Å². The monoisotopic (exact) mass is 220 g/mol. The Balaban J connectivity index is 1.86. The van der Waals surface area contributed by atoms with Crippen LogP contribution in [0.3, 0.4) is 0 Å². The van der Waals surface area contributed by atoms with Crippen LogP contribution in [-0.2, 0) is 0 Å². The van der Waals surface area contributed by atoms with Gasteiger partial charge in [-0.2, -0.15) is 0 Å². The van der Waals surface area contributed by atoms with Gasteiger partial charge >= 0.3 is 0 Å². The number of hydrogen-bond acceptors (Lipinski definition) is 3. The van der Waals surface area contributed by atoms with Crippen LogP contribution in [0.15, 0.2) is 30.3 Å². The summed E-state index contributed by atoms with van der Waals surface area (Å²) in [4.78, 5) is 4.72. The number of para-hydroxylation sites is 1. The van der Waals surface area contributed by atoms with Crippen LogP contribution in [0.5, 0.6) is 0 Å². The van der Waals surface area contributed by atoms with Gasteiger partial charge in [0.05, 0.1) is 6.10 Å². The first-order chi connectivity index (χ1) is 7.75. The fraction of sp³-hybridized carbons (Fsp3) is 0.538. The Morgan fingerprint density at radius 1 is 1.12 bits per heavy atom. The first kappa shape index (κ1) is 11.4. The molecule has 2 rings (SSSR count). The Morgan fingerprint density at radius 3 is 2.31 bits per heavy atom. The molecule has 0 aromatic heterocycles. The predicted octanol–water partition coefficient (Wildman–Crippen LogP) is 1.19. The Kier molecular flexibility index (Phi) is 3.80. The molecule has 88 valence electrons. The predicted molar refractivity (Wildman–Crippen MR) is 66.8 cm³/mol. The van der Waals surface area contributed by atoms with E-state index in [2.05, 4.69) is 34.1 Å². The van der Waals surface area contributed by atoms with Gasteiger partial charge in [0, 0.05) is 38.4 Å². The summed E-state index contributed by atoms with van der Waals surface area (Å²) in [6, 6.07) is 10.5. The van der Waals surface area contributed by atoms with Crippen molar-refractivity contribution in [2.75, 3.05) is 37.6 Å². The molecule has 1 saturated heterocycles. The summed E-state index contributed by atoms with van der Waals surface area (Å²) in [5.41, 5.74) is 1.30. The molecule has 0 radical (unpaired) electrons. The minimum Gasteiger partial charge on any atom is -0.392 e. The Bertz CT molecular complexity index is 305. The Labute approximate surface area is 97.3 Å². The van der Waals surface area contributed by atoms with E-state index >= 15 is 0 Å². The molecule has 0 aliphatic carbocycles. The summed E-state index contributed by atoms with van der Waals surface area (Å²) in [5.74, 6) is 0. The minimum absolute atomic E-state index is 0.219. The molecule has 0 saturated carbocycles. The van der Waals surface area contributed by atoms with Crippen LogP contribution in [0.2, 0.25) is 0 Å². The molecular weight excluding hydrogens is 200 g/mol. The molecule has 0 spiro atoms. The van der Waals surface area contributed by atoms with Crippen LogP contribution in [0.4, 0.5) is 5.69 Å². The van der Waals surface area contributed by atoms with E-state index in [1.54, 1.807) is 0 Å². The van der Waals surface area contributed by atoms with Gasteiger partial charge < -0.3 is 10.0 Å². The maximum Gasteiger partial charge on any atom is 0.0639 e. The van der Waals surface area contributed by atoms with Crippen molar-refractivity contribution in [3.63, 3.8) is 0 Å². The molecule has 1 heterocycles. The molecule has 0 bridgehead atoms. The van der Waals surface area contributed by atoms with Crippen LogP contribution < -0.4 is 4.90 Å². The van der Waals surface area contributed by atoms with Crippen LogP contribution in [0, 0.1) is 0 Å². The van der Waals surface area contributed by atoms with E-state index in [0.717, 1.165) is 32.7 Å². The molecule has 1 N–H and O–H groups in total. The van der Waals surface area contributed by atoms with Gasteiger partial charge in [-0.25, -0.2) is 0 Å².